The van der Waals surface area contributed by atoms with Crippen molar-refractivity contribution in [1.82, 2.24) is 0 Å². The van der Waals surface area contributed by atoms with Crippen molar-refractivity contribution in [3.8, 4) is 6.07 Å². The molecule has 21 heavy (non-hydrogen) atoms. The molecule has 0 radical (unpaired) electrons. The van der Waals surface area contributed by atoms with E-state index in [0.29, 0.717) is 17.7 Å². The van der Waals surface area contributed by atoms with Crippen LogP contribution >= 0.6 is 0 Å². The zero-order chi connectivity index (χ0) is 15.1. The number of methoxy groups -OCH3 is 1. The van der Waals surface area contributed by atoms with Crippen LogP contribution in [-0.2, 0) is 11.2 Å². The molecule has 2 rings (SSSR count). The van der Waals surface area contributed by atoms with Gasteiger partial charge >= 0.3 is 0 Å². The van der Waals surface area contributed by atoms with Crippen LogP contribution in [0.5, 0.6) is 0 Å². The number of carbonyl (C=O) groups excluding carboxylic acids is 1. The number of ether oxygens (including phenoxy) is 1. The summed E-state index contributed by atoms with van der Waals surface area (Å²) in [4.78, 5) is 12.3. The Hall–Kier alpha value is -2.64. The van der Waals surface area contributed by atoms with E-state index in [4.69, 9.17) is 10.00 Å². The lowest BCUT2D eigenvalue weighted by Gasteiger charge is -2.11. The van der Waals surface area contributed by atoms with Crippen molar-refractivity contribution in [3.05, 3.63) is 65.2 Å². The molecule has 0 bridgehead atoms. The maximum atomic E-state index is 12.3. The third kappa shape index (κ3) is 3.91. The summed E-state index contributed by atoms with van der Waals surface area (Å²) in [7, 11) is 1.65. The van der Waals surface area contributed by atoms with Gasteiger partial charge in [0.2, 0.25) is 0 Å². The zero-order valence-electron chi connectivity index (χ0n) is 11.8. The smallest absolute Gasteiger partial charge is 0.255 e. The molecule has 0 aliphatic rings. The SMILES string of the molecule is COCCc1ccccc1NC(=O)c1cccc(C#N)c1. The summed E-state index contributed by atoms with van der Waals surface area (Å²) < 4.78 is 5.07. The molecule has 0 saturated carbocycles. The van der Waals surface area contributed by atoms with Gasteiger partial charge in [0.25, 0.3) is 5.91 Å². The summed E-state index contributed by atoms with van der Waals surface area (Å²) >= 11 is 0. The quantitative estimate of drug-likeness (QED) is 0.915. The van der Waals surface area contributed by atoms with Crippen molar-refractivity contribution < 1.29 is 9.53 Å². The highest BCUT2D eigenvalue weighted by molar-refractivity contribution is 6.04. The number of nitrogens with one attached hydrogen (secondary N) is 1. The van der Waals surface area contributed by atoms with E-state index in [1.165, 1.54) is 0 Å². The maximum Gasteiger partial charge on any atom is 0.255 e. The van der Waals surface area contributed by atoms with Crippen LogP contribution in [0.3, 0.4) is 0 Å². The van der Waals surface area contributed by atoms with Crippen molar-refractivity contribution in [2.75, 3.05) is 19.0 Å². The van der Waals surface area contributed by atoms with Gasteiger partial charge in [0.15, 0.2) is 0 Å². The molecule has 0 aliphatic heterocycles. The topological polar surface area (TPSA) is 62.1 Å². The molecule has 1 N–H and O–H groups in total. The zero-order valence-corrected chi connectivity index (χ0v) is 11.8. The monoisotopic (exact) mass is 280 g/mol. The summed E-state index contributed by atoms with van der Waals surface area (Å²) in [5.41, 5.74) is 2.72. The van der Waals surface area contributed by atoms with Gasteiger partial charge in [0.05, 0.1) is 18.2 Å². The summed E-state index contributed by atoms with van der Waals surface area (Å²) in [6.45, 7) is 0.594. The highest BCUT2D eigenvalue weighted by atomic mass is 16.5. The first-order valence-electron chi connectivity index (χ1n) is 6.63. The number of nitrogens with zero attached hydrogens (tertiary/aromatic N) is 1. The molecule has 0 aromatic heterocycles. The first kappa shape index (κ1) is 14.8. The fourth-order valence-corrected chi connectivity index (χ4v) is 2.00. The molecule has 0 aliphatic carbocycles. The average Bonchev–Trinajstić information content (AvgIpc) is 2.54. The molecule has 0 heterocycles. The van der Waals surface area contributed by atoms with Gasteiger partial charge in [-0.3, -0.25) is 4.79 Å². The second-order valence-corrected chi connectivity index (χ2v) is 4.55. The van der Waals surface area contributed by atoms with E-state index in [2.05, 4.69) is 5.32 Å². The third-order valence-electron chi connectivity index (χ3n) is 3.09. The minimum atomic E-state index is -0.225. The summed E-state index contributed by atoms with van der Waals surface area (Å²) in [6.07, 6.45) is 0.727. The minimum absolute atomic E-state index is 0.225. The van der Waals surface area contributed by atoms with Crippen molar-refractivity contribution in [2.24, 2.45) is 0 Å². The van der Waals surface area contributed by atoms with E-state index in [0.717, 1.165) is 17.7 Å². The maximum absolute atomic E-state index is 12.3. The number of carbonyl (C=O) groups is 1. The Bertz CT molecular complexity index is 674. The van der Waals surface area contributed by atoms with Crippen LogP contribution in [0.4, 0.5) is 5.69 Å². The number of rotatable bonds is 5. The van der Waals surface area contributed by atoms with Crippen LogP contribution in [0.1, 0.15) is 21.5 Å². The lowest BCUT2D eigenvalue weighted by atomic mass is 10.1. The molecule has 4 heteroatoms. The van der Waals surface area contributed by atoms with Gasteiger partial charge in [-0.1, -0.05) is 24.3 Å². The van der Waals surface area contributed by atoms with Crippen LogP contribution in [0.25, 0.3) is 0 Å². The fourth-order valence-electron chi connectivity index (χ4n) is 2.00. The first-order valence-corrected chi connectivity index (χ1v) is 6.63. The molecular formula is C17H16N2O2. The van der Waals surface area contributed by atoms with E-state index >= 15 is 0 Å². The van der Waals surface area contributed by atoms with Gasteiger partial charge in [0.1, 0.15) is 0 Å². The number of hydrogen-bond acceptors (Lipinski definition) is 3. The lowest BCUT2D eigenvalue weighted by Crippen LogP contribution is -2.14. The number of nitriles is 1. The van der Waals surface area contributed by atoms with Gasteiger partial charge in [-0.05, 0) is 36.2 Å². The Balaban J connectivity index is 2.17. The van der Waals surface area contributed by atoms with Gasteiger partial charge in [-0.15, -0.1) is 0 Å². The molecule has 2 aromatic carbocycles. The van der Waals surface area contributed by atoms with Crippen LogP contribution < -0.4 is 5.32 Å². The molecule has 0 saturated heterocycles. The molecule has 106 valence electrons. The molecule has 4 nitrogen and oxygen atoms in total. The second-order valence-electron chi connectivity index (χ2n) is 4.55. The average molecular weight is 280 g/mol. The van der Waals surface area contributed by atoms with Gasteiger partial charge in [-0.25, -0.2) is 0 Å². The van der Waals surface area contributed by atoms with Crippen molar-refractivity contribution >= 4 is 11.6 Å². The van der Waals surface area contributed by atoms with E-state index in [1.807, 2.05) is 30.3 Å². The largest absolute Gasteiger partial charge is 0.384 e. The number of benzene rings is 2. The van der Waals surface area contributed by atoms with Gasteiger partial charge in [-0.2, -0.15) is 5.26 Å². The number of para-hydroxylation sites is 1. The summed E-state index contributed by atoms with van der Waals surface area (Å²) in [6, 6.07) is 16.3. The van der Waals surface area contributed by atoms with Crippen molar-refractivity contribution in [1.29, 1.82) is 5.26 Å². The number of anilines is 1. The van der Waals surface area contributed by atoms with E-state index in [9.17, 15) is 4.79 Å². The second kappa shape index (κ2) is 7.22. The van der Waals surface area contributed by atoms with Crippen LogP contribution in [0.2, 0.25) is 0 Å². The predicted molar refractivity (Wildman–Crippen MR) is 81.1 cm³/mol. The fraction of sp³-hybridized carbons (Fsp3) is 0.176. The normalized spacial score (nSPS) is 9.90. The van der Waals surface area contributed by atoms with Gasteiger partial charge in [0, 0.05) is 18.4 Å². The Morgan fingerprint density at radius 3 is 2.81 bits per heavy atom. The van der Waals surface area contributed by atoms with Crippen LogP contribution in [-0.4, -0.2) is 19.6 Å². The number of amides is 1. The first-order chi connectivity index (χ1) is 10.2. The molecule has 0 unspecified atom stereocenters. The lowest BCUT2D eigenvalue weighted by molar-refractivity contribution is 0.102. The molecule has 2 aromatic rings. The number of hydrogen-bond donors (Lipinski definition) is 1. The molecule has 0 fully saturated rings. The van der Waals surface area contributed by atoms with E-state index < -0.39 is 0 Å². The molecule has 0 atom stereocenters. The highest BCUT2D eigenvalue weighted by Crippen LogP contribution is 2.17. The minimum Gasteiger partial charge on any atom is -0.384 e. The van der Waals surface area contributed by atoms with E-state index in [-0.39, 0.29) is 5.91 Å². The molecule has 1 amide bonds. The molecule has 0 spiro atoms. The summed E-state index contributed by atoms with van der Waals surface area (Å²) in [5.74, 6) is -0.225. The Kier molecular flexibility index (Phi) is 5.08. The van der Waals surface area contributed by atoms with Crippen molar-refractivity contribution in [2.45, 2.75) is 6.42 Å². The van der Waals surface area contributed by atoms with Gasteiger partial charge < -0.3 is 10.1 Å². The standard InChI is InChI=1S/C17H16N2O2/c1-21-10-9-14-6-2-3-8-16(14)19-17(20)15-7-4-5-13(11-15)12-18/h2-8,11H,9-10H2,1H3,(H,19,20). The predicted octanol–water partition coefficient (Wildman–Crippen LogP) is 3.00. The van der Waals surface area contributed by atoms with E-state index in [1.54, 1.807) is 31.4 Å². The Morgan fingerprint density at radius 2 is 2.05 bits per heavy atom. The Morgan fingerprint density at radius 1 is 1.24 bits per heavy atom. The highest BCUT2D eigenvalue weighted by Gasteiger charge is 2.09. The van der Waals surface area contributed by atoms with Crippen LogP contribution in [0.15, 0.2) is 48.5 Å². The van der Waals surface area contributed by atoms with Crippen LogP contribution in [0, 0.1) is 11.3 Å². The Labute approximate surface area is 124 Å². The summed E-state index contributed by atoms with van der Waals surface area (Å²) in [5, 5.41) is 11.8. The molecular weight excluding hydrogens is 264 g/mol. The van der Waals surface area contributed by atoms with Crippen molar-refractivity contribution in [3.63, 3.8) is 0 Å². The third-order valence-corrected chi connectivity index (χ3v) is 3.09.